The van der Waals surface area contributed by atoms with Crippen molar-refractivity contribution in [3.63, 3.8) is 0 Å². The summed E-state index contributed by atoms with van der Waals surface area (Å²) in [6.45, 7) is 6.17. The van der Waals surface area contributed by atoms with E-state index in [-0.39, 0.29) is 5.92 Å². The molecule has 3 atom stereocenters. The van der Waals surface area contributed by atoms with E-state index in [1.165, 1.54) is 12.0 Å². The number of hydrogen-bond acceptors (Lipinski definition) is 2. The van der Waals surface area contributed by atoms with Gasteiger partial charge in [0.05, 0.1) is 5.92 Å². The average molecular weight is 192 g/mol. The number of allylic oxidation sites excluding steroid dienone is 2. The first-order chi connectivity index (χ1) is 6.74. The van der Waals surface area contributed by atoms with Crippen LogP contribution in [0.2, 0.25) is 0 Å². The molecule has 0 saturated heterocycles. The summed E-state index contributed by atoms with van der Waals surface area (Å²) in [6, 6.07) is 0. The van der Waals surface area contributed by atoms with Crippen LogP contribution in [0.25, 0.3) is 0 Å². The largest absolute Gasteiger partial charge is 0.308 e. The van der Waals surface area contributed by atoms with E-state index in [9.17, 15) is 0 Å². The van der Waals surface area contributed by atoms with E-state index in [0.717, 1.165) is 5.71 Å². The van der Waals surface area contributed by atoms with Gasteiger partial charge in [0.25, 0.3) is 0 Å². The molecule has 0 heterocycles. The predicted molar refractivity (Wildman–Crippen MR) is 62.3 cm³/mol. The maximum Gasteiger partial charge on any atom is 0.0501 e. The monoisotopic (exact) mass is 192 g/mol. The van der Waals surface area contributed by atoms with Crippen molar-refractivity contribution < 1.29 is 0 Å². The molecule has 78 valence electrons. The van der Waals surface area contributed by atoms with Gasteiger partial charge in [0.1, 0.15) is 0 Å². The van der Waals surface area contributed by atoms with E-state index < -0.39 is 0 Å². The minimum atomic E-state index is 0.193. The Morgan fingerprint density at radius 2 is 2.07 bits per heavy atom. The van der Waals surface area contributed by atoms with Crippen molar-refractivity contribution in [1.29, 1.82) is 5.41 Å². The maximum absolute atomic E-state index is 7.85. The first-order valence-corrected chi connectivity index (χ1v) is 5.43. The highest BCUT2D eigenvalue weighted by Crippen LogP contribution is 2.49. The molecule has 0 bridgehead atoms. The Bertz CT molecular complexity index is 276. The third-order valence-electron chi connectivity index (χ3n) is 2.89. The molecule has 0 aliphatic heterocycles. The highest BCUT2D eigenvalue weighted by molar-refractivity contribution is 6.02. The van der Waals surface area contributed by atoms with Crippen molar-refractivity contribution in [3.8, 4) is 0 Å². The molecule has 0 amide bonds. The number of aliphatic imine (C=N–C) groups is 1. The van der Waals surface area contributed by atoms with Gasteiger partial charge in [0.2, 0.25) is 0 Å². The molecule has 0 aromatic carbocycles. The van der Waals surface area contributed by atoms with Crippen LogP contribution in [-0.4, -0.2) is 19.0 Å². The van der Waals surface area contributed by atoms with Crippen molar-refractivity contribution in [3.05, 3.63) is 11.6 Å². The van der Waals surface area contributed by atoms with Crippen LogP contribution in [0.1, 0.15) is 27.2 Å². The lowest BCUT2D eigenvalue weighted by Gasteiger charge is -2.16. The van der Waals surface area contributed by atoms with E-state index in [4.69, 9.17) is 5.41 Å². The highest BCUT2D eigenvalue weighted by Gasteiger charge is 2.45. The average Bonchev–Trinajstić information content (AvgIpc) is 2.97. The minimum Gasteiger partial charge on any atom is -0.308 e. The van der Waals surface area contributed by atoms with Crippen LogP contribution in [0, 0.1) is 23.2 Å². The van der Waals surface area contributed by atoms with E-state index in [0.29, 0.717) is 11.8 Å². The molecule has 1 N–H and O–H groups in total. The topological polar surface area (TPSA) is 36.2 Å². The summed E-state index contributed by atoms with van der Waals surface area (Å²) < 4.78 is 0. The second-order valence-electron chi connectivity index (χ2n) is 3.75. The predicted octanol–water partition coefficient (Wildman–Crippen LogP) is 2.95. The Hall–Kier alpha value is -0.920. The van der Waals surface area contributed by atoms with Gasteiger partial charge in [-0.1, -0.05) is 25.5 Å². The van der Waals surface area contributed by atoms with E-state index in [2.05, 4.69) is 18.0 Å². The summed E-state index contributed by atoms with van der Waals surface area (Å²) in [4.78, 5) is 3.99. The standard InChI is InChI=1S/C10H14N2.C2H6/c1-6-3-7(5-12-2)10(11)9-4-8(6)9;1-2/h3,5,7-9,11H,4H2,1-2H3;1-2H3. The summed E-state index contributed by atoms with van der Waals surface area (Å²) in [5, 5.41) is 7.85. The van der Waals surface area contributed by atoms with Gasteiger partial charge in [-0.15, -0.1) is 0 Å². The van der Waals surface area contributed by atoms with Gasteiger partial charge < -0.3 is 5.41 Å². The molecular weight excluding hydrogens is 172 g/mol. The van der Waals surface area contributed by atoms with Gasteiger partial charge in [-0.3, -0.25) is 4.99 Å². The van der Waals surface area contributed by atoms with Gasteiger partial charge in [-0.2, -0.15) is 0 Å². The fourth-order valence-electron chi connectivity index (χ4n) is 2.07. The summed E-state index contributed by atoms with van der Waals surface area (Å²) in [5.74, 6) is 1.45. The molecule has 2 aliphatic carbocycles. The van der Waals surface area contributed by atoms with Crippen molar-refractivity contribution in [2.45, 2.75) is 27.2 Å². The Labute approximate surface area is 86.6 Å². The Balaban J connectivity index is 0.000000461. The molecule has 1 fully saturated rings. The summed E-state index contributed by atoms with van der Waals surface area (Å²) in [5.41, 5.74) is 2.33. The molecule has 3 unspecified atom stereocenters. The van der Waals surface area contributed by atoms with Crippen LogP contribution in [0.3, 0.4) is 0 Å². The lowest BCUT2D eigenvalue weighted by molar-refractivity contribution is 0.866. The van der Waals surface area contributed by atoms with Crippen LogP contribution in [0.4, 0.5) is 0 Å². The first-order valence-electron chi connectivity index (χ1n) is 5.43. The lowest BCUT2D eigenvalue weighted by atomic mass is 9.90. The zero-order valence-electron chi connectivity index (χ0n) is 9.54. The zero-order chi connectivity index (χ0) is 10.7. The van der Waals surface area contributed by atoms with Gasteiger partial charge in [-0.25, -0.2) is 0 Å². The lowest BCUT2D eigenvalue weighted by Crippen LogP contribution is -2.20. The summed E-state index contributed by atoms with van der Waals surface area (Å²) >= 11 is 0. The SMILES string of the molecule is CC.CN=CC1C=C(C)C2CC2C1=N. The smallest absolute Gasteiger partial charge is 0.0501 e. The summed E-state index contributed by atoms with van der Waals surface area (Å²) in [6.07, 6.45) is 5.26. The molecule has 1 saturated carbocycles. The van der Waals surface area contributed by atoms with Crippen LogP contribution >= 0.6 is 0 Å². The van der Waals surface area contributed by atoms with Gasteiger partial charge in [-0.05, 0) is 19.3 Å². The molecule has 0 aromatic rings. The minimum absolute atomic E-state index is 0.193. The quantitative estimate of drug-likeness (QED) is 0.490. The second-order valence-corrected chi connectivity index (χ2v) is 3.75. The Morgan fingerprint density at radius 1 is 1.43 bits per heavy atom. The van der Waals surface area contributed by atoms with Gasteiger partial charge in [0, 0.05) is 24.9 Å². The Kier molecular flexibility index (Phi) is 3.62. The van der Waals surface area contributed by atoms with E-state index in [1.807, 2.05) is 20.1 Å². The molecular formula is C12H20N2. The highest BCUT2D eigenvalue weighted by atomic mass is 14.7. The van der Waals surface area contributed by atoms with E-state index >= 15 is 0 Å². The van der Waals surface area contributed by atoms with Crippen LogP contribution in [0.15, 0.2) is 16.6 Å². The normalized spacial score (nSPS) is 34.4. The number of hydrogen-bond donors (Lipinski definition) is 1. The molecule has 2 heteroatoms. The zero-order valence-corrected chi connectivity index (χ0v) is 9.54. The number of rotatable bonds is 1. The van der Waals surface area contributed by atoms with Crippen LogP contribution in [-0.2, 0) is 0 Å². The number of fused-ring (bicyclic) bond motifs is 1. The maximum atomic E-state index is 7.85. The molecule has 0 spiro atoms. The number of nitrogens with one attached hydrogen (secondary N) is 1. The van der Waals surface area contributed by atoms with Crippen molar-refractivity contribution >= 4 is 11.9 Å². The molecule has 2 aliphatic rings. The third-order valence-corrected chi connectivity index (χ3v) is 2.89. The fourth-order valence-corrected chi connectivity index (χ4v) is 2.07. The summed E-state index contributed by atoms with van der Waals surface area (Å²) in [7, 11) is 1.77. The molecule has 2 rings (SSSR count). The van der Waals surface area contributed by atoms with Gasteiger partial charge >= 0.3 is 0 Å². The molecule has 0 radical (unpaired) electrons. The second kappa shape index (κ2) is 4.54. The molecule has 14 heavy (non-hydrogen) atoms. The van der Waals surface area contributed by atoms with Crippen molar-refractivity contribution in [2.24, 2.45) is 22.7 Å². The van der Waals surface area contributed by atoms with Gasteiger partial charge in [0.15, 0.2) is 0 Å². The van der Waals surface area contributed by atoms with Crippen molar-refractivity contribution in [1.82, 2.24) is 0 Å². The fraction of sp³-hybridized carbons (Fsp3) is 0.667. The third kappa shape index (κ3) is 1.94. The molecule has 0 aromatic heterocycles. The van der Waals surface area contributed by atoms with Crippen molar-refractivity contribution in [2.75, 3.05) is 7.05 Å². The van der Waals surface area contributed by atoms with Crippen LogP contribution < -0.4 is 0 Å². The number of nitrogens with zero attached hydrogens (tertiary/aromatic N) is 1. The van der Waals surface area contributed by atoms with E-state index in [1.54, 1.807) is 7.05 Å². The van der Waals surface area contributed by atoms with Crippen LogP contribution in [0.5, 0.6) is 0 Å². The first kappa shape index (κ1) is 11.2. The molecule has 2 nitrogen and oxygen atoms in total. The Morgan fingerprint density at radius 3 is 2.64 bits per heavy atom.